The van der Waals surface area contributed by atoms with Crippen molar-refractivity contribution in [2.45, 2.75) is 44.0 Å². The van der Waals surface area contributed by atoms with Crippen molar-refractivity contribution in [2.75, 3.05) is 37.6 Å². The van der Waals surface area contributed by atoms with Crippen molar-refractivity contribution < 1.29 is 23.1 Å². The van der Waals surface area contributed by atoms with Crippen LogP contribution in [0.3, 0.4) is 0 Å². The van der Waals surface area contributed by atoms with Crippen molar-refractivity contribution in [1.29, 1.82) is 0 Å². The van der Waals surface area contributed by atoms with Gasteiger partial charge in [0.1, 0.15) is 0 Å². The highest BCUT2D eigenvalue weighted by molar-refractivity contribution is 5.78. The number of hydrogen-bond acceptors (Lipinski definition) is 4. The molecule has 2 heterocycles. The highest BCUT2D eigenvalue weighted by Gasteiger charge is 2.46. The summed E-state index contributed by atoms with van der Waals surface area (Å²) in [4.78, 5) is 16.1. The number of rotatable bonds is 6. The van der Waals surface area contributed by atoms with E-state index in [0.29, 0.717) is 25.4 Å². The van der Waals surface area contributed by atoms with Gasteiger partial charge in [-0.1, -0.05) is 24.6 Å². The van der Waals surface area contributed by atoms with E-state index in [1.807, 2.05) is 18.2 Å². The number of nitrogens with one attached hydrogen (secondary N) is 1. The molecular formula is C20H28F3N3O2. The minimum absolute atomic E-state index is 0.104. The summed E-state index contributed by atoms with van der Waals surface area (Å²) in [6, 6.07) is 9.04. The molecule has 3 atom stereocenters. The van der Waals surface area contributed by atoms with Crippen LogP contribution in [0, 0.1) is 5.92 Å². The number of anilines is 1. The molecule has 0 aromatic heterocycles. The lowest BCUT2D eigenvalue weighted by Gasteiger charge is -2.38. The first-order chi connectivity index (χ1) is 13.3. The fourth-order valence-corrected chi connectivity index (χ4v) is 4.16. The molecular weight excluding hydrogens is 371 g/mol. The number of amides is 1. The molecule has 2 saturated heterocycles. The van der Waals surface area contributed by atoms with E-state index < -0.39 is 18.3 Å². The maximum Gasteiger partial charge on any atom is 0.415 e. The highest BCUT2D eigenvalue weighted by atomic mass is 19.4. The molecule has 0 spiro atoms. The second kappa shape index (κ2) is 9.13. The van der Waals surface area contributed by atoms with Gasteiger partial charge in [0.05, 0.1) is 6.54 Å². The van der Waals surface area contributed by atoms with Gasteiger partial charge in [0.2, 0.25) is 5.91 Å². The molecule has 0 saturated carbocycles. The normalized spacial score (nSPS) is 24.9. The van der Waals surface area contributed by atoms with Gasteiger partial charge in [-0.25, -0.2) is 0 Å². The van der Waals surface area contributed by atoms with Crippen LogP contribution in [-0.2, 0) is 4.79 Å². The Morgan fingerprint density at radius 3 is 2.64 bits per heavy atom. The summed E-state index contributed by atoms with van der Waals surface area (Å²) in [5.41, 5.74) is 1.16. The van der Waals surface area contributed by atoms with E-state index >= 15 is 0 Å². The molecule has 0 bridgehead atoms. The maximum atomic E-state index is 12.9. The van der Waals surface area contributed by atoms with Gasteiger partial charge in [-0.05, 0) is 43.9 Å². The van der Waals surface area contributed by atoms with E-state index in [-0.39, 0.29) is 18.9 Å². The summed E-state index contributed by atoms with van der Waals surface area (Å²) in [5.74, 6) is 0.0431. The molecule has 1 aromatic carbocycles. The van der Waals surface area contributed by atoms with Crippen molar-refractivity contribution >= 4 is 11.6 Å². The highest BCUT2D eigenvalue weighted by Crippen LogP contribution is 2.30. The van der Waals surface area contributed by atoms with Gasteiger partial charge in [-0.3, -0.25) is 9.69 Å². The number of carbonyl (C=O) groups is 1. The Kier molecular flexibility index (Phi) is 6.82. The van der Waals surface area contributed by atoms with Gasteiger partial charge in [0, 0.05) is 31.4 Å². The lowest BCUT2D eigenvalue weighted by atomic mass is 9.97. The monoisotopic (exact) mass is 399 g/mol. The number of aliphatic hydroxyl groups is 1. The molecule has 0 aliphatic carbocycles. The molecule has 5 nitrogen and oxygen atoms in total. The lowest BCUT2D eigenvalue weighted by molar-refractivity contribution is -0.224. The molecule has 28 heavy (non-hydrogen) atoms. The van der Waals surface area contributed by atoms with Crippen molar-refractivity contribution in [2.24, 2.45) is 5.92 Å². The number of halogens is 3. The molecule has 2 aliphatic heterocycles. The Morgan fingerprint density at radius 2 is 1.93 bits per heavy atom. The quantitative estimate of drug-likeness (QED) is 0.772. The maximum absolute atomic E-state index is 12.9. The van der Waals surface area contributed by atoms with E-state index in [1.54, 1.807) is 0 Å². The average Bonchev–Trinajstić information content (AvgIpc) is 3.15. The van der Waals surface area contributed by atoms with Gasteiger partial charge in [-0.15, -0.1) is 0 Å². The van der Waals surface area contributed by atoms with Crippen LogP contribution >= 0.6 is 0 Å². The minimum Gasteiger partial charge on any atom is -0.382 e. The van der Waals surface area contributed by atoms with Crippen LogP contribution in [0.4, 0.5) is 18.9 Å². The number of hydrogen-bond donors (Lipinski definition) is 2. The van der Waals surface area contributed by atoms with Gasteiger partial charge >= 0.3 is 6.18 Å². The Balaban J connectivity index is 1.46. The molecule has 0 radical (unpaired) electrons. The van der Waals surface area contributed by atoms with E-state index in [4.69, 9.17) is 0 Å². The number of benzene rings is 1. The van der Waals surface area contributed by atoms with Gasteiger partial charge in [-0.2, -0.15) is 13.2 Å². The second-order valence-corrected chi connectivity index (χ2v) is 7.76. The first-order valence-corrected chi connectivity index (χ1v) is 9.90. The Bertz CT molecular complexity index is 641. The number of likely N-dealkylation sites (tertiary alicyclic amines) is 1. The number of nitrogens with zero attached hydrogens (tertiary/aromatic N) is 2. The third-order valence-electron chi connectivity index (χ3n) is 5.71. The fraction of sp³-hybridized carbons (Fsp3) is 0.650. The molecule has 2 N–H and O–H groups in total. The second-order valence-electron chi connectivity index (χ2n) is 7.76. The van der Waals surface area contributed by atoms with E-state index in [0.717, 1.165) is 31.6 Å². The molecule has 3 unspecified atom stereocenters. The predicted molar refractivity (Wildman–Crippen MR) is 101 cm³/mol. The molecule has 8 heteroatoms. The molecule has 156 valence electrons. The molecule has 2 fully saturated rings. The third kappa shape index (κ3) is 5.38. The smallest absolute Gasteiger partial charge is 0.382 e. The van der Waals surface area contributed by atoms with Gasteiger partial charge < -0.3 is 15.3 Å². The summed E-state index contributed by atoms with van der Waals surface area (Å²) < 4.78 is 38.7. The zero-order valence-electron chi connectivity index (χ0n) is 15.9. The topological polar surface area (TPSA) is 55.8 Å². The van der Waals surface area contributed by atoms with Crippen LogP contribution in [0.15, 0.2) is 30.3 Å². The summed E-state index contributed by atoms with van der Waals surface area (Å²) in [7, 11) is 0. The van der Waals surface area contributed by atoms with E-state index in [9.17, 15) is 23.1 Å². The number of carbonyl (C=O) groups excluding carboxylic acids is 1. The van der Waals surface area contributed by atoms with Crippen LogP contribution in [0.5, 0.6) is 0 Å². The molecule has 3 rings (SSSR count). The average molecular weight is 399 g/mol. The number of aliphatic hydroxyl groups excluding tert-OH is 1. The van der Waals surface area contributed by atoms with Crippen molar-refractivity contribution in [3.8, 4) is 0 Å². The molecule has 2 aliphatic rings. The van der Waals surface area contributed by atoms with Crippen LogP contribution in [0.2, 0.25) is 0 Å². The van der Waals surface area contributed by atoms with Crippen LogP contribution < -0.4 is 10.2 Å². The van der Waals surface area contributed by atoms with Crippen LogP contribution in [0.25, 0.3) is 0 Å². The number of alkyl halides is 3. The summed E-state index contributed by atoms with van der Waals surface area (Å²) >= 11 is 0. The summed E-state index contributed by atoms with van der Waals surface area (Å²) in [6.07, 6.45) is -4.48. The lowest BCUT2D eigenvalue weighted by Crippen LogP contribution is -2.54. The number of piperidine rings is 1. The first-order valence-electron chi connectivity index (χ1n) is 9.90. The standard InChI is InChI=1S/C20H28F3N3O2/c21-20(22,23)19(28)17-8-4-5-10-26(17)14-18(27)24-12-15-9-11-25(13-15)16-6-2-1-3-7-16/h1-3,6-7,15,17,19,28H,4-5,8-14H2,(H,24,27). The summed E-state index contributed by atoms with van der Waals surface area (Å²) in [6.45, 7) is 2.59. The van der Waals surface area contributed by atoms with E-state index in [1.165, 1.54) is 4.90 Å². The fourth-order valence-electron chi connectivity index (χ4n) is 4.16. The number of para-hydroxylation sites is 1. The Labute approximate surface area is 163 Å². The SMILES string of the molecule is O=C(CN1CCCCC1C(O)C(F)(F)F)NCC1CCN(c2ccccc2)C1. The Hall–Kier alpha value is -1.80. The third-order valence-corrected chi connectivity index (χ3v) is 5.71. The minimum atomic E-state index is -4.67. The first kappa shape index (κ1) is 20.9. The largest absolute Gasteiger partial charge is 0.415 e. The zero-order valence-corrected chi connectivity index (χ0v) is 15.9. The van der Waals surface area contributed by atoms with Gasteiger partial charge in [0.25, 0.3) is 0 Å². The van der Waals surface area contributed by atoms with Crippen molar-refractivity contribution in [3.63, 3.8) is 0 Å². The van der Waals surface area contributed by atoms with Crippen molar-refractivity contribution in [3.05, 3.63) is 30.3 Å². The van der Waals surface area contributed by atoms with Gasteiger partial charge in [0.15, 0.2) is 6.10 Å². The summed E-state index contributed by atoms with van der Waals surface area (Å²) in [5, 5.41) is 12.5. The molecule has 1 amide bonds. The van der Waals surface area contributed by atoms with Crippen LogP contribution in [-0.4, -0.2) is 67.0 Å². The Morgan fingerprint density at radius 1 is 1.18 bits per heavy atom. The van der Waals surface area contributed by atoms with Crippen LogP contribution in [0.1, 0.15) is 25.7 Å². The zero-order chi connectivity index (χ0) is 20.1. The van der Waals surface area contributed by atoms with E-state index in [2.05, 4.69) is 22.3 Å². The predicted octanol–water partition coefficient (Wildman–Crippen LogP) is 2.41. The van der Waals surface area contributed by atoms with Crippen molar-refractivity contribution in [1.82, 2.24) is 10.2 Å². The molecule has 1 aromatic rings.